The summed E-state index contributed by atoms with van der Waals surface area (Å²) in [5.41, 5.74) is -0.126. The average molecular weight is 444 g/mol. The maximum absolute atomic E-state index is 12.7. The summed E-state index contributed by atoms with van der Waals surface area (Å²) in [6.07, 6.45) is -4.13. The molecule has 0 aliphatic rings. The maximum Gasteiger partial charge on any atom is 0.416 e. The summed E-state index contributed by atoms with van der Waals surface area (Å²) in [4.78, 5) is 22.6. The summed E-state index contributed by atoms with van der Waals surface area (Å²) < 4.78 is 68.7. The third-order valence-electron chi connectivity index (χ3n) is 3.82. The van der Waals surface area contributed by atoms with E-state index in [1.807, 2.05) is 35.1 Å². The van der Waals surface area contributed by atoms with E-state index in [4.69, 9.17) is 0 Å². The molecule has 0 heterocycles. The van der Waals surface area contributed by atoms with Gasteiger partial charge >= 0.3 is 12.1 Å². The molecule has 0 unspecified atom stereocenters. The molecule has 2 N–H and O–H groups in total. The van der Waals surface area contributed by atoms with E-state index in [0.717, 1.165) is 23.8 Å². The van der Waals surface area contributed by atoms with Crippen molar-refractivity contribution in [1.82, 2.24) is 10.0 Å². The lowest BCUT2D eigenvalue weighted by Gasteiger charge is -2.10. The summed E-state index contributed by atoms with van der Waals surface area (Å²) in [5, 5.41) is 2.54. The molecule has 2 rings (SSSR count). The number of halogens is 3. The number of alkyl halides is 3. The van der Waals surface area contributed by atoms with Crippen molar-refractivity contribution >= 4 is 21.9 Å². The second-order valence-electron chi connectivity index (χ2n) is 6.10. The molecule has 0 saturated carbocycles. The van der Waals surface area contributed by atoms with E-state index in [-0.39, 0.29) is 0 Å². The van der Waals surface area contributed by atoms with Gasteiger partial charge in [-0.15, -0.1) is 0 Å². The number of amides is 1. The van der Waals surface area contributed by atoms with Crippen LogP contribution < -0.4 is 10.0 Å². The molecule has 0 aliphatic heterocycles. The number of benzene rings is 2. The van der Waals surface area contributed by atoms with Crippen molar-refractivity contribution in [3.63, 3.8) is 0 Å². The highest BCUT2D eigenvalue weighted by atomic mass is 32.2. The number of hydrogen-bond acceptors (Lipinski definition) is 5. The van der Waals surface area contributed by atoms with Gasteiger partial charge in [0.05, 0.1) is 10.5 Å². The van der Waals surface area contributed by atoms with Gasteiger partial charge in [0, 0.05) is 6.54 Å². The number of hydrogen-bond donors (Lipinski definition) is 2. The molecule has 0 radical (unpaired) electrons. The van der Waals surface area contributed by atoms with Crippen LogP contribution in [-0.4, -0.2) is 40.0 Å². The number of esters is 1. The number of nitrogens with one attached hydrogen (secondary N) is 2. The summed E-state index contributed by atoms with van der Waals surface area (Å²) in [6, 6.07) is 12.4. The molecule has 0 aromatic heterocycles. The van der Waals surface area contributed by atoms with E-state index < -0.39 is 51.7 Å². The third-order valence-corrected chi connectivity index (χ3v) is 5.22. The number of rotatable bonds is 9. The van der Waals surface area contributed by atoms with Gasteiger partial charge in [-0.25, -0.2) is 8.42 Å². The monoisotopic (exact) mass is 444 g/mol. The van der Waals surface area contributed by atoms with Crippen LogP contribution in [0, 0.1) is 0 Å². The Balaban J connectivity index is 1.76. The van der Waals surface area contributed by atoms with Crippen LogP contribution in [0.15, 0.2) is 59.5 Å². The van der Waals surface area contributed by atoms with E-state index in [2.05, 4.69) is 10.1 Å². The molecular formula is C19H19F3N2O5S. The van der Waals surface area contributed by atoms with Gasteiger partial charge in [-0.3, -0.25) is 9.59 Å². The van der Waals surface area contributed by atoms with Crippen LogP contribution >= 0.6 is 0 Å². The molecule has 162 valence electrons. The van der Waals surface area contributed by atoms with Crippen LogP contribution in [0.25, 0.3) is 0 Å². The Bertz CT molecular complexity index is 979. The molecule has 0 fully saturated rings. The Morgan fingerprint density at radius 2 is 1.70 bits per heavy atom. The summed E-state index contributed by atoms with van der Waals surface area (Å²) in [5.74, 6) is -1.62. The van der Waals surface area contributed by atoms with Crippen molar-refractivity contribution in [1.29, 1.82) is 0 Å². The Kier molecular flexibility index (Phi) is 7.95. The molecule has 0 saturated heterocycles. The quantitative estimate of drug-likeness (QED) is 0.576. The van der Waals surface area contributed by atoms with Crippen molar-refractivity contribution in [3.8, 4) is 0 Å². The molecule has 7 nitrogen and oxygen atoms in total. The fourth-order valence-electron chi connectivity index (χ4n) is 2.32. The highest BCUT2D eigenvalue weighted by Crippen LogP contribution is 2.30. The Hall–Kier alpha value is -2.92. The van der Waals surface area contributed by atoms with Crippen molar-refractivity contribution in [2.75, 3.05) is 19.7 Å². The van der Waals surface area contributed by atoms with Crippen LogP contribution in [0.2, 0.25) is 0 Å². The van der Waals surface area contributed by atoms with Gasteiger partial charge in [0.2, 0.25) is 10.0 Å². The number of sulfonamides is 1. The van der Waals surface area contributed by atoms with E-state index in [1.54, 1.807) is 0 Å². The van der Waals surface area contributed by atoms with E-state index in [0.29, 0.717) is 19.0 Å². The lowest BCUT2D eigenvalue weighted by molar-refractivity contribution is -0.147. The van der Waals surface area contributed by atoms with E-state index >= 15 is 0 Å². The second-order valence-corrected chi connectivity index (χ2v) is 7.86. The lowest BCUT2D eigenvalue weighted by Crippen LogP contribution is -2.34. The molecule has 11 heteroatoms. The minimum absolute atomic E-state index is 0.322. The zero-order valence-corrected chi connectivity index (χ0v) is 16.4. The van der Waals surface area contributed by atoms with Gasteiger partial charge in [-0.1, -0.05) is 36.4 Å². The molecule has 0 spiro atoms. The van der Waals surface area contributed by atoms with E-state index in [9.17, 15) is 31.2 Å². The van der Waals surface area contributed by atoms with Crippen LogP contribution in [0.4, 0.5) is 13.2 Å². The second kappa shape index (κ2) is 10.2. The summed E-state index contributed by atoms with van der Waals surface area (Å²) in [6.45, 7) is -1.13. The fourth-order valence-corrected chi connectivity index (χ4v) is 3.33. The zero-order chi connectivity index (χ0) is 22.2. The first-order valence-corrected chi connectivity index (χ1v) is 10.2. The van der Waals surface area contributed by atoms with Crippen molar-refractivity contribution in [2.24, 2.45) is 0 Å². The molecule has 1 amide bonds. The summed E-state index contributed by atoms with van der Waals surface area (Å²) >= 11 is 0. The minimum Gasteiger partial charge on any atom is -0.455 e. The lowest BCUT2D eigenvalue weighted by atomic mass is 10.1. The Morgan fingerprint density at radius 3 is 2.37 bits per heavy atom. The predicted octanol–water partition coefficient (Wildman–Crippen LogP) is 1.89. The smallest absolute Gasteiger partial charge is 0.416 e. The van der Waals surface area contributed by atoms with Gasteiger partial charge in [-0.2, -0.15) is 17.9 Å². The van der Waals surface area contributed by atoms with Crippen LogP contribution in [0.1, 0.15) is 11.1 Å². The average Bonchev–Trinajstić information content (AvgIpc) is 2.71. The van der Waals surface area contributed by atoms with Crippen LogP contribution in [0.5, 0.6) is 0 Å². The highest BCUT2D eigenvalue weighted by molar-refractivity contribution is 7.89. The normalized spacial score (nSPS) is 11.7. The SMILES string of the molecule is O=C(COC(=O)CNS(=O)(=O)c1cccc(C(F)(F)F)c1)NCCc1ccccc1. The van der Waals surface area contributed by atoms with Crippen LogP contribution in [0.3, 0.4) is 0 Å². The predicted molar refractivity (Wildman–Crippen MR) is 101 cm³/mol. The van der Waals surface area contributed by atoms with Gasteiger partial charge in [0.1, 0.15) is 6.54 Å². The molecule has 0 bridgehead atoms. The van der Waals surface area contributed by atoms with Gasteiger partial charge in [-0.05, 0) is 30.2 Å². The third kappa shape index (κ3) is 7.48. The molecule has 0 aliphatic carbocycles. The van der Waals surface area contributed by atoms with Gasteiger partial charge in [0.25, 0.3) is 5.91 Å². The van der Waals surface area contributed by atoms with Gasteiger partial charge < -0.3 is 10.1 Å². The molecule has 30 heavy (non-hydrogen) atoms. The first-order valence-electron chi connectivity index (χ1n) is 8.71. The summed E-state index contributed by atoms with van der Waals surface area (Å²) in [7, 11) is -4.37. The molecule has 0 atom stereocenters. The molecule has 2 aromatic carbocycles. The standard InChI is InChI=1S/C19H19F3N2O5S/c20-19(21,22)15-7-4-8-16(11-15)30(27,28)24-12-18(26)29-13-17(25)23-10-9-14-5-2-1-3-6-14/h1-8,11,24H,9-10,12-13H2,(H,23,25). The first kappa shape index (κ1) is 23.4. The molecular weight excluding hydrogens is 425 g/mol. The maximum atomic E-state index is 12.7. The van der Waals surface area contributed by atoms with Crippen molar-refractivity contribution < 1.29 is 35.9 Å². The molecule has 2 aromatic rings. The number of carbonyl (C=O) groups excluding carboxylic acids is 2. The Morgan fingerprint density at radius 1 is 1.00 bits per heavy atom. The van der Waals surface area contributed by atoms with Crippen molar-refractivity contribution in [3.05, 3.63) is 65.7 Å². The fraction of sp³-hybridized carbons (Fsp3) is 0.263. The van der Waals surface area contributed by atoms with Gasteiger partial charge in [0.15, 0.2) is 6.61 Å². The number of carbonyl (C=O) groups is 2. The van der Waals surface area contributed by atoms with Crippen molar-refractivity contribution in [2.45, 2.75) is 17.5 Å². The first-order chi connectivity index (χ1) is 14.1. The Labute approximate surface area is 171 Å². The van der Waals surface area contributed by atoms with E-state index in [1.165, 1.54) is 0 Å². The topological polar surface area (TPSA) is 102 Å². The highest BCUT2D eigenvalue weighted by Gasteiger charge is 2.31. The zero-order valence-electron chi connectivity index (χ0n) is 15.6. The number of ether oxygens (including phenoxy) is 1. The largest absolute Gasteiger partial charge is 0.455 e. The van der Waals surface area contributed by atoms with Crippen LogP contribution in [-0.2, 0) is 36.9 Å². The minimum atomic E-state index is -4.71.